The van der Waals surface area contributed by atoms with Gasteiger partial charge in [-0.3, -0.25) is 47.9 Å². The molecule has 1 fully saturated rings. The Labute approximate surface area is 364 Å². The van der Waals surface area contributed by atoms with Crippen LogP contribution in [0.5, 0.6) is 0 Å². The van der Waals surface area contributed by atoms with Crippen LogP contribution in [-0.4, -0.2) is 112 Å². The first-order valence-electron chi connectivity index (χ1n) is 20.8. The molecule has 0 saturated carbocycles. The number of nitrogens with two attached hydrogens (primary N) is 1. The normalized spacial score (nSPS) is 22.6. The zero-order valence-corrected chi connectivity index (χ0v) is 35.4. The number of primary amides is 1. The monoisotopic (exact) mass is 878 g/mol. The van der Waals surface area contributed by atoms with Crippen molar-refractivity contribution in [3.05, 3.63) is 71.8 Å². The molecule has 342 valence electrons. The first kappa shape index (κ1) is 50.5. The van der Waals surface area contributed by atoms with Crippen molar-refractivity contribution in [1.82, 2.24) is 37.2 Å². The van der Waals surface area contributed by atoms with E-state index in [0.717, 1.165) is 11.1 Å². The molecule has 2 aromatic carbocycles. The highest BCUT2D eigenvalue weighted by Crippen LogP contribution is 2.12. The minimum absolute atomic E-state index is 0.0521. The number of carbonyl (C=O) groups is 10. The molecule has 20 nitrogen and oxygen atoms in total. The van der Waals surface area contributed by atoms with E-state index in [2.05, 4.69) is 37.2 Å². The molecular weight excluding hydrogens is 821 g/mol. The highest BCUT2D eigenvalue weighted by atomic mass is 16.4. The van der Waals surface area contributed by atoms with E-state index in [9.17, 15) is 58.2 Å². The van der Waals surface area contributed by atoms with Gasteiger partial charge in [0.2, 0.25) is 47.3 Å². The fourth-order valence-corrected chi connectivity index (χ4v) is 6.77. The lowest BCUT2D eigenvalue weighted by atomic mass is 10.0. The standard InChI is InChI=1S/C43H58N8O12/c1-25(2)21-32-42(62)46-28(22-34(44)52)15-19-35(53)47-30(16-13-26-9-5-3-6-10-26)40(60)50-31(17-14-27-11-7-4-8-12-27)41(61)51-33(23-38(57)58)43(63)49-29(18-20-37(55)56)39(59)45-24-36(54)48-32/h3-12,25,28-33H,13-24H2,1-2H3,(H2,44,52)(H,45,59)(H,46,62)(H,47,53)(H,48,54)(H,49,63)(H,50,60)(H,51,61)(H,55,56)(H,57,58)/t28-,29-,30-,31-,32-,33-/m0/s1. The molecule has 11 N–H and O–H groups in total. The van der Waals surface area contributed by atoms with E-state index < -0.39 is 121 Å². The summed E-state index contributed by atoms with van der Waals surface area (Å²) in [5.41, 5.74) is 7.09. The van der Waals surface area contributed by atoms with E-state index in [1.54, 1.807) is 56.3 Å². The largest absolute Gasteiger partial charge is 0.481 e. The first-order chi connectivity index (χ1) is 29.9. The number of rotatable bonds is 15. The summed E-state index contributed by atoms with van der Waals surface area (Å²) < 4.78 is 0. The Morgan fingerprint density at radius 3 is 1.57 bits per heavy atom. The molecule has 2 aromatic rings. The lowest BCUT2D eigenvalue weighted by Gasteiger charge is -2.26. The molecule has 20 heteroatoms. The molecule has 0 aromatic heterocycles. The van der Waals surface area contributed by atoms with Gasteiger partial charge in [0.1, 0.15) is 30.2 Å². The van der Waals surface area contributed by atoms with E-state index in [0.29, 0.717) is 6.42 Å². The Morgan fingerprint density at radius 1 is 0.587 bits per heavy atom. The smallest absolute Gasteiger partial charge is 0.305 e. The van der Waals surface area contributed by atoms with E-state index in [1.165, 1.54) is 0 Å². The minimum Gasteiger partial charge on any atom is -0.481 e. The number of hydrogen-bond acceptors (Lipinski definition) is 10. The molecule has 1 saturated heterocycles. The molecule has 1 aliphatic rings. The van der Waals surface area contributed by atoms with Gasteiger partial charge in [-0.25, -0.2) is 0 Å². The van der Waals surface area contributed by atoms with Crippen molar-refractivity contribution in [2.45, 2.75) is 121 Å². The zero-order valence-electron chi connectivity index (χ0n) is 35.4. The quantitative estimate of drug-likeness (QED) is 0.107. The summed E-state index contributed by atoms with van der Waals surface area (Å²) in [4.78, 5) is 131. The van der Waals surface area contributed by atoms with Crippen molar-refractivity contribution in [3.8, 4) is 0 Å². The van der Waals surface area contributed by atoms with Crippen molar-refractivity contribution in [3.63, 3.8) is 0 Å². The molecule has 6 atom stereocenters. The molecule has 0 spiro atoms. The lowest BCUT2D eigenvalue weighted by Crippen LogP contribution is -2.59. The van der Waals surface area contributed by atoms with Crippen LogP contribution in [0.1, 0.15) is 82.8 Å². The Hall–Kier alpha value is -6.86. The third-order valence-corrected chi connectivity index (χ3v) is 10.0. The predicted octanol–water partition coefficient (Wildman–Crippen LogP) is -0.668. The molecular formula is C43H58N8O12. The molecule has 3 rings (SSSR count). The van der Waals surface area contributed by atoms with Crippen molar-refractivity contribution in [2.75, 3.05) is 6.54 Å². The molecule has 1 heterocycles. The second kappa shape index (κ2) is 25.8. The number of amides is 8. The van der Waals surface area contributed by atoms with E-state index in [-0.39, 0.29) is 50.9 Å². The first-order valence-corrected chi connectivity index (χ1v) is 20.8. The van der Waals surface area contributed by atoms with Crippen molar-refractivity contribution in [2.24, 2.45) is 11.7 Å². The summed E-state index contributed by atoms with van der Waals surface area (Å²) in [5.74, 6) is -10.00. The summed E-state index contributed by atoms with van der Waals surface area (Å²) in [5, 5.41) is 36.6. The van der Waals surface area contributed by atoms with Crippen LogP contribution < -0.4 is 43.0 Å². The molecule has 0 radical (unpaired) electrons. The van der Waals surface area contributed by atoms with Gasteiger partial charge in [-0.05, 0) is 62.0 Å². The Balaban J connectivity index is 2.07. The second-order valence-electron chi connectivity index (χ2n) is 15.8. The number of aliphatic carboxylic acids is 2. The highest BCUT2D eigenvalue weighted by molar-refractivity contribution is 5.97. The number of carboxylic acid groups (broad SMARTS) is 2. The van der Waals surface area contributed by atoms with E-state index in [4.69, 9.17) is 5.73 Å². The van der Waals surface area contributed by atoms with E-state index >= 15 is 0 Å². The molecule has 8 amide bonds. The number of aryl methyl sites for hydroxylation is 2. The molecule has 0 aliphatic carbocycles. The maximum Gasteiger partial charge on any atom is 0.305 e. The molecule has 63 heavy (non-hydrogen) atoms. The summed E-state index contributed by atoms with van der Waals surface area (Å²) in [6, 6.07) is 9.64. The van der Waals surface area contributed by atoms with E-state index in [1.807, 2.05) is 18.2 Å². The van der Waals surface area contributed by atoms with Gasteiger partial charge in [0.25, 0.3) is 0 Å². The van der Waals surface area contributed by atoms with Crippen LogP contribution in [0, 0.1) is 5.92 Å². The number of carbonyl (C=O) groups excluding carboxylic acids is 8. The number of hydrogen-bond donors (Lipinski definition) is 10. The van der Waals surface area contributed by atoms with Crippen LogP contribution in [0.25, 0.3) is 0 Å². The summed E-state index contributed by atoms with van der Waals surface area (Å²) in [7, 11) is 0. The second-order valence-corrected chi connectivity index (χ2v) is 15.8. The number of benzene rings is 2. The maximum atomic E-state index is 14.1. The predicted molar refractivity (Wildman–Crippen MR) is 226 cm³/mol. The van der Waals surface area contributed by atoms with Crippen LogP contribution in [0.15, 0.2) is 60.7 Å². The number of nitrogens with one attached hydrogen (secondary N) is 7. The van der Waals surface area contributed by atoms with Gasteiger partial charge >= 0.3 is 11.9 Å². The van der Waals surface area contributed by atoms with Crippen molar-refractivity contribution < 1.29 is 58.2 Å². The summed E-state index contributed by atoms with van der Waals surface area (Å²) in [6.07, 6.45) is -2.28. The van der Waals surface area contributed by atoms with Gasteiger partial charge < -0.3 is 53.2 Å². The fourth-order valence-electron chi connectivity index (χ4n) is 6.77. The van der Waals surface area contributed by atoms with Gasteiger partial charge in [-0.2, -0.15) is 0 Å². The summed E-state index contributed by atoms with van der Waals surface area (Å²) in [6.45, 7) is 2.82. The average Bonchev–Trinajstić information content (AvgIpc) is 3.22. The highest BCUT2D eigenvalue weighted by Gasteiger charge is 2.34. The van der Waals surface area contributed by atoms with Gasteiger partial charge in [-0.1, -0.05) is 74.5 Å². The van der Waals surface area contributed by atoms with Gasteiger partial charge in [-0.15, -0.1) is 0 Å². The van der Waals surface area contributed by atoms with Crippen LogP contribution in [0.4, 0.5) is 0 Å². The maximum absolute atomic E-state index is 14.1. The van der Waals surface area contributed by atoms with Crippen LogP contribution >= 0.6 is 0 Å². The topological polar surface area (TPSA) is 321 Å². The SMILES string of the molecule is CC(C)C[C@@H]1NC(=O)CNC(=O)[C@H](CCC(=O)O)NC(=O)[C@H](CC(=O)O)NC(=O)[C@H](CCc2ccccc2)NC(=O)[C@H](CCc2ccccc2)NC(=O)CC[C@@H](CC(N)=O)NC1=O. The molecule has 0 unspecified atom stereocenters. The Bertz CT molecular complexity index is 1930. The Kier molecular flexibility index (Phi) is 20.7. The van der Waals surface area contributed by atoms with Gasteiger partial charge in [0.15, 0.2) is 0 Å². The number of carboxylic acids is 2. The third kappa shape index (κ3) is 19.2. The zero-order chi connectivity index (χ0) is 46.5. The van der Waals surface area contributed by atoms with Gasteiger partial charge in [0.05, 0.1) is 13.0 Å². The van der Waals surface area contributed by atoms with Crippen molar-refractivity contribution in [1.29, 1.82) is 0 Å². The third-order valence-electron chi connectivity index (χ3n) is 10.0. The van der Waals surface area contributed by atoms with Gasteiger partial charge in [0, 0.05) is 25.3 Å². The minimum atomic E-state index is -1.84. The average molecular weight is 879 g/mol. The fraction of sp³-hybridized carbons (Fsp3) is 0.488. The van der Waals surface area contributed by atoms with Crippen LogP contribution in [0.2, 0.25) is 0 Å². The summed E-state index contributed by atoms with van der Waals surface area (Å²) >= 11 is 0. The molecule has 1 aliphatic heterocycles. The van der Waals surface area contributed by atoms with Crippen LogP contribution in [0.3, 0.4) is 0 Å². The molecule has 0 bridgehead atoms. The lowest BCUT2D eigenvalue weighted by molar-refractivity contribution is -0.141. The Morgan fingerprint density at radius 2 is 1.06 bits per heavy atom. The van der Waals surface area contributed by atoms with Crippen molar-refractivity contribution >= 4 is 59.2 Å². The van der Waals surface area contributed by atoms with Crippen LogP contribution in [-0.2, 0) is 60.8 Å².